The van der Waals surface area contributed by atoms with Gasteiger partial charge in [0.2, 0.25) is 0 Å². The molecule has 0 bridgehead atoms. The zero-order valence-corrected chi connectivity index (χ0v) is 12.4. The van der Waals surface area contributed by atoms with E-state index in [2.05, 4.69) is 44.4 Å². The lowest BCUT2D eigenvalue weighted by Crippen LogP contribution is -2.12. The Morgan fingerprint density at radius 3 is 3.28 bits per heavy atom. The Morgan fingerprint density at radius 1 is 1.50 bits per heavy atom. The van der Waals surface area contributed by atoms with Crippen molar-refractivity contribution in [2.75, 3.05) is 18.5 Å². The maximum absolute atomic E-state index is 5.60. The maximum Gasteiger partial charge on any atom is 0.183 e. The summed E-state index contributed by atoms with van der Waals surface area (Å²) in [4.78, 5) is 4.57. The van der Waals surface area contributed by atoms with E-state index in [0.29, 0.717) is 6.10 Å². The summed E-state index contributed by atoms with van der Waals surface area (Å²) in [6, 6.07) is 6.20. The predicted octanol–water partition coefficient (Wildman–Crippen LogP) is 4.04. The number of ether oxygens (including phenoxy) is 1. The van der Waals surface area contributed by atoms with Crippen molar-refractivity contribution in [1.82, 2.24) is 4.98 Å². The standard InChI is InChI=1S/C13H15BrN2OS/c14-9-3-4-12-11(8-9)16-13(18-12)15-6-5-10-2-1-7-17-10/h3-4,8,10H,1-2,5-7H2,(H,15,16). The number of anilines is 1. The van der Waals surface area contributed by atoms with Crippen LogP contribution in [0, 0.1) is 0 Å². The summed E-state index contributed by atoms with van der Waals surface area (Å²) < 4.78 is 7.90. The molecule has 1 saturated heterocycles. The molecule has 1 unspecified atom stereocenters. The molecule has 3 nitrogen and oxygen atoms in total. The van der Waals surface area contributed by atoms with E-state index < -0.39 is 0 Å². The van der Waals surface area contributed by atoms with E-state index in [-0.39, 0.29) is 0 Å². The molecule has 1 fully saturated rings. The minimum Gasteiger partial charge on any atom is -0.378 e. The minimum atomic E-state index is 0.445. The van der Waals surface area contributed by atoms with Crippen molar-refractivity contribution in [2.24, 2.45) is 0 Å². The average molecular weight is 327 g/mol. The molecule has 0 spiro atoms. The van der Waals surface area contributed by atoms with E-state index in [9.17, 15) is 0 Å². The molecular formula is C13H15BrN2OS. The van der Waals surface area contributed by atoms with Gasteiger partial charge in [-0.2, -0.15) is 0 Å². The van der Waals surface area contributed by atoms with Crippen molar-refractivity contribution in [2.45, 2.75) is 25.4 Å². The Labute approximate surface area is 119 Å². The molecule has 0 amide bonds. The molecule has 1 aliphatic rings. The van der Waals surface area contributed by atoms with Crippen molar-refractivity contribution in [1.29, 1.82) is 0 Å². The summed E-state index contributed by atoms with van der Waals surface area (Å²) in [6.07, 6.45) is 3.93. The van der Waals surface area contributed by atoms with Gasteiger partial charge in [0.25, 0.3) is 0 Å². The van der Waals surface area contributed by atoms with Gasteiger partial charge in [-0.05, 0) is 37.5 Å². The zero-order chi connectivity index (χ0) is 12.4. The number of benzene rings is 1. The number of nitrogens with one attached hydrogen (secondary N) is 1. The lowest BCUT2D eigenvalue weighted by Gasteiger charge is -2.08. The smallest absolute Gasteiger partial charge is 0.183 e. The Balaban J connectivity index is 1.60. The number of fused-ring (bicyclic) bond motifs is 1. The first-order valence-electron chi connectivity index (χ1n) is 6.23. The summed E-state index contributed by atoms with van der Waals surface area (Å²) in [5.41, 5.74) is 1.05. The van der Waals surface area contributed by atoms with E-state index in [4.69, 9.17) is 4.74 Å². The van der Waals surface area contributed by atoms with Gasteiger partial charge in [-0.3, -0.25) is 0 Å². The number of aromatic nitrogens is 1. The second-order valence-electron chi connectivity index (χ2n) is 4.48. The highest BCUT2D eigenvalue weighted by Gasteiger charge is 2.14. The Kier molecular flexibility index (Phi) is 3.82. The molecule has 2 aromatic rings. The average Bonchev–Trinajstić information content (AvgIpc) is 2.97. The van der Waals surface area contributed by atoms with Crippen LogP contribution in [-0.2, 0) is 4.74 Å². The van der Waals surface area contributed by atoms with Crippen LogP contribution in [0.2, 0.25) is 0 Å². The van der Waals surface area contributed by atoms with Crippen LogP contribution in [0.1, 0.15) is 19.3 Å². The topological polar surface area (TPSA) is 34.1 Å². The van der Waals surface area contributed by atoms with E-state index >= 15 is 0 Å². The highest BCUT2D eigenvalue weighted by molar-refractivity contribution is 9.10. The maximum atomic E-state index is 5.60. The van der Waals surface area contributed by atoms with Gasteiger partial charge in [-0.1, -0.05) is 27.3 Å². The van der Waals surface area contributed by atoms with Crippen molar-refractivity contribution in [3.63, 3.8) is 0 Å². The van der Waals surface area contributed by atoms with Gasteiger partial charge in [-0.25, -0.2) is 4.98 Å². The number of hydrogen-bond acceptors (Lipinski definition) is 4. The molecule has 2 heterocycles. The highest BCUT2D eigenvalue weighted by Crippen LogP contribution is 2.28. The number of thiazole rings is 1. The lowest BCUT2D eigenvalue weighted by molar-refractivity contribution is 0.107. The quantitative estimate of drug-likeness (QED) is 0.920. The zero-order valence-electron chi connectivity index (χ0n) is 9.99. The number of halogens is 1. The molecule has 96 valence electrons. The molecule has 0 saturated carbocycles. The summed E-state index contributed by atoms with van der Waals surface area (Å²) in [5, 5.41) is 4.39. The number of nitrogens with zero attached hydrogens (tertiary/aromatic N) is 1. The number of hydrogen-bond donors (Lipinski definition) is 1. The molecule has 1 N–H and O–H groups in total. The second-order valence-corrected chi connectivity index (χ2v) is 6.43. The van der Waals surface area contributed by atoms with E-state index in [0.717, 1.165) is 34.7 Å². The largest absolute Gasteiger partial charge is 0.378 e. The summed E-state index contributed by atoms with van der Waals surface area (Å²) >= 11 is 5.17. The van der Waals surface area contributed by atoms with Crippen LogP contribution in [0.5, 0.6) is 0 Å². The lowest BCUT2D eigenvalue weighted by atomic mass is 10.2. The first-order chi connectivity index (χ1) is 8.81. The molecular weight excluding hydrogens is 312 g/mol. The number of rotatable bonds is 4. The molecule has 3 rings (SSSR count). The Bertz CT molecular complexity index is 537. The van der Waals surface area contributed by atoms with Crippen molar-refractivity contribution in [3.05, 3.63) is 22.7 Å². The monoisotopic (exact) mass is 326 g/mol. The molecule has 18 heavy (non-hydrogen) atoms. The van der Waals surface area contributed by atoms with Crippen molar-refractivity contribution < 1.29 is 4.74 Å². The van der Waals surface area contributed by atoms with Crippen LogP contribution < -0.4 is 5.32 Å². The SMILES string of the molecule is Brc1ccc2sc(NCCC3CCCO3)nc2c1. The van der Waals surface area contributed by atoms with E-state index in [1.165, 1.54) is 17.5 Å². The van der Waals surface area contributed by atoms with Gasteiger partial charge >= 0.3 is 0 Å². The van der Waals surface area contributed by atoms with Gasteiger partial charge in [0.15, 0.2) is 5.13 Å². The Morgan fingerprint density at radius 2 is 2.44 bits per heavy atom. The van der Waals surface area contributed by atoms with Gasteiger partial charge in [0.05, 0.1) is 16.3 Å². The third-order valence-corrected chi connectivity index (χ3v) is 4.60. The second kappa shape index (κ2) is 5.55. The van der Waals surface area contributed by atoms with E-state index in [1.807, 2.05) is 0 Å². The summed E-state index contributed by atoms with van der Waals surface area (Å²) in [5.74, 6) is 0. The molecule has 1 atom stereocenters. The molecule has 5 heteroatoms. The van der Waals surface area contributed by atoms with Gasteiger partial charge in [0, 0.05) is 17.6 Å². The Hall–Kier alpha value is -0.650. The normalized spacial score (nSPS) is 19.5. The molecule has 0 radical (unpaired) electrons. The van der Waals surface area contributed by atoms with E-state index in [1.54, 1.807) is 11.3 Å². The highest BCUT2D eigenvalue weighted by atomic mass is 79.9. The molecule has 0 aliphatic carbocycles. The van der Waals surface area contributed by atoms with Crippen LogP contribution in [0.25, 0.3) is 10.2 Å². The van der Waals surface area contributed by atoms with Gasteiger partial charge in [0.1, 0.15) is 0 Å². The summed E-state index contributed by atoms with van der Waals surface area (Å²) in [7, 11) is 0. The van der Waals surface area contributed by atoms with Gasteiger partial charge in [-0.15, -0.1) is 0 Å². The predicted molar refractivity (Wildman–Crippen MR) is 79.4 cm³/mol. The van der Waals surface area contributed by atoms with Crippen LogP contribution in [0.15, 0.2) is 22.7 Å². The molecule has 1 aromatic heterocycles. The third-order valence-electron chi connectivity index (χ3n) is 3.12. The van der Waals surface area contributed by atoms with Crippen LogP contribution in [-0.4, -0.2) is 24.2 Å². The van der Waals surface area contributed by atoms with Crippen molar-refractivity contribution >= 4 is 42.6 Å². The molecule has 1 aliphatic heterocycles. The van der Waals surface area contributed by atoms with Crippen LogP contribution in [0.4, 0.5) is 5.13 Å². The fraction of sp³-hybridized carbons (Fsp3) is 0.462. The third kappa shape index (κ3) is 2.84. The van der Waals surface area contributed by atoms with Crippen molar-refractivity contribution in [3.8, 4) is 0 Å². The van der Waals surface area contributed by atoms with Crippen LogP contribution >= 0.6 is 27.3 Å². The van der Waals surface area contributed by atoms with Crippen LogP contribution in [0.3, 0.4) is 0 Å². The first-order valence-corrected chi connectivity index (χ1v) is 7.84. The fourth-order valence-electron chi connectivity index (χ4n) is 2.19. The van der Waals surface area contributed by atoms with Gasteiger partial charge < -0.3 is 10.1 Å². The first kappa shape index (κ1) is 12.4. The summed E-state index contributed by atoms with van der Waals surface area (Å²) in [6.45, 7) is 1.87. The fourth-order valence-corrected chi connectivity index (χ4v) is 3.41. The minimum absolute atomic E-state index is 0.445. The molecule has 1 aromatic carbocycles.